The van der Waals surface area contributed by atoms with Gasteiger partial charge in [0.05, 0.1) is 0 Å². The number of rotatable bonds is 5. The Morgan fingerprint density at radius 1 is 1.38 bits per heavy atom. The Labute approximate surface area is 84.6 Å². The van der Waals surface area contributed by atoms with Gasteiger partial charge in [-0.3, -0.25) is 0 Å². The second-order valence-electron chi connectivity index (χ2n) is 2.67. The average molecular weight is 193 g/mol. The molecule has 0 heterocycles. The van der Waals surface area contributed by atoms with E-state index in [1.807, 2.05) is 12.1 Å². The van der Waals surface area contributed by atoms with Gasteiger partial charge in [-0.1, -0.05) is 31.2 Å². The molecule has 0 aliphatic rings. The van der Waals surface area contributed by atoms with Crippen LogP contribution in [0.1, 0.15) is 6.92 Å². The first kappa shape index (κ1) is 10.4. The van der Waals surface area contributed by atoms with Crippen LogP contribution in [-0.4, -0.2) is 17.4 Å². The highest BCUT2D eigenvalue weighted by Gasteiger charge is 2.00. The zero-order valence-electron chi connectivity index (χ0n) is 7.94. The number of nitrogens with zero attached hydrogens (tertiary/aromatic N) is 1. The van der Waals surface area contributed by atoms with Gasteiger partial charge in [-0.05, 0) is 24.1 Å². The van der Waals surface area contributed by atoms with Gasteiger partial charge < -0.3 is 0 Å². The normalized spacial score (nSPS) is 10.3. The summed E-state index contributed by atoms with van der Waals surface area (Å²) < 4.78 is 2.27. The van der Waals surface area contributed by atoms with Gasteiger partial charge in [0.2, 0.25) is 0 Å². The molecule has 0 saturated carbocycles. The van der Waals surface area contributed by atoms with Crippen LogP contribution in [0.4, 0.5) is 0 Å². The highest BCUT2D eigenvalue weighted by molar-refractivity contribution is 7.97. The second kappa shape index (κ2) is 5.84. The second-order valence-corrected chi connectivity index (χ2v) is 3.84. The quantitative estimate of drug-likeness (QED) is 0.522. The molecule has 0 amide bonds. The summed E-state index contributed by atoms with van der Waals surface area (Å²) in [5.41, 5.74) is 0. The van der Waals surface area contributed by atoms with E-state index in [1.165, 1.54) is 4.90 Å². The van der Waals surface area contributed by atoms with Crippen LogP contribution >= 0.6 is 11.9 Å². The molecule has 0 saturated heterocycles. The fourth-order valence-corrected chi connectivity index (χ4v) is 1.89. The Bertz CT molecular complexity index is 246. The maximum atomic E-state index is 3.74. The zero-order chi connectivity index (χ0) is 9.52. The van der Waals surface area contributed by atoms with E-state index in [-0.39, 0.29) is 0 Å². The lowest BCUT2D eigenvalue weighted by atomic mass is 10.4. The summed E-state index contributed by atoms with van der Waals surface area (Å²) in [5, 5.41) is 0. The molecule has 1 nitrogen and oxygen atoms in total. The molecule has 0 radical (unpaired) electrons. The van der Waals surface area contributed by atoms with E-state index in [0.29, 0.717) is 0 Å². The molecule has 0 N–H and O–H groups in total. The van der Waals surface area contributed by atoms with Gasteiger partial charge in [0.15, 0.2) is 0 Å². The fraction of sp³-hybridized carbons (Fsp3) is 0.273. The lowest BCUT2D eigenvalue weighted by molar-refractivity contribution is 0.551. The van der Waals surface area contributed by atoms with Crippen molar-refractivity contribution >= 4 is 11.9 Å². The van der Waals surface area contributed by atoms with Crippen molar-refractivity contribution < 1.29 is 0 Å². The third kappa shape index (κ3) is 3.66. The molecule has 1 rings (SSSR count). The van der Waals surface area contributed by atoms with Gasteiger partial charge in [0, 0.05) is 18.0 Å². The zero-order valence-corrected chi connectivity index (χ0v) is 8.76. The molecule has 0 fully saturated rings. The highest BCUT2D eigenvalue weighted by atomic mass is 32.2. The fourth-order valence-electron chi connectivity index (χ4n) is 1.01. The Morgan fingerprint density at radius 2 is 2.08 bits per heavy atom. The van der Waals surface area contributed by atoms with E-state index >= 15 is 0 Å². The Hall–Kier alpha value is -0.730. The SMILES string of the molecule is C=CCN(CC)Sc1ccccc1. The van der Waals surface area contributed by atoms with Crippen molar-refractivity contribution in [2.24, 2.45) is 0 Å². The molecule has 0 unspecified atom stereocenters. The minimum Gasteiger partial charge on any atom is -0.243 e. The van der Waals surface area contributed by atoms with Gasteiger partial charge in [-0.15, -0.1) is 6.58 Å². The lowest BCUT2D eigenvalue weighted by Crippen LogP contribution is -2.14. The van der Waals surface area contributed by atoms with Crippen molar-refractivity contribution in [3.8, 4) is 0 Å². The van der Waals surface area contributed by atoms with Gasteiger partial charge in [0.1, 0.15) is 0 Å². The van der Waals surface area contributed by atoms with Crippen molar-refractivity contribution in [2.45, 2.75) is 11.8 Å². The van der Waals surface area contributed by atoms with E-state index in [2.05, 4.69) is 42.1 Å². The Kier molecular flexibility index (Phi) is 4.65. The molecule has 0 aliphatic heterocycles. The van der Waals surface area contributed by atoms with E-state index in [4.69, 9.17) is 0 Å². The van der Waals surface area contributed by atoms with Crippen molar-refractivity contribution in [1.82, 2.24) is 4.31 Å². The van der Waals surface area contributed by atoms with Crippen molar-refractivity contribution in [3.63, 3.8) is 0 Å². The van der Waals surface area contributed by atoms with Crippen LogP contribution < -0.4 is 0 Å². The van der Waals surface area contributed by atoms with Crippen molar-refractivity contribution in [1.29, 1.82) is 0 Å². The summed E-state index contributed by atoms with van der Waals surface area (Å²) in [7, 11) is 0. The van der Waals surface area contributed by atoms with E-state index in [0.717, 1.165) is 13.1 Å². The van der Waals surface area contributed by atoms with Crippen LogP contribution in [0.5, 0.6) is 0 Å². The highest BCUT2D eigenvalue weighted by Crippen LogP contribution is 2.21. The standard InChI is InChI=1S/C11H15NS/c1-3-10-12(4-2)13-11-8-6-5-7-9-11/h3,5-9H,1,4,10H2,2H3. The third-order valence-electron chi connectivity index (χ3n) is 1.66. The third-order valence-corrected chi connectivity index (χ3v) is 2.81. The van der Waals surface area contributed by atoms with Gasteiger partial charge in [-0.2, -0.15) is 0 Å². The van der Waals surface area contributed by atoms with Crippen LogP contribution in [0.3, 0.4) is 0 Å². The molecule has 1 aromatic carbocycles. The van der Waals surface area contributed by atoms with Crippen molar-refractivity contribution in [2.75, 3.05) is 13.1 Å². The average Bonchev–Trinajstić information content (AvgIpc) is 2.19. The molecule has 1 aromatic rings. The van der Waals surface area contributed by atoms with E-state index in [9.17, 15) is 0 Å². The molecular formula is C11H15NS. The van der Waals surface area contributed by atoms with Crippen LogP contribution in [-0.2, 0) is 0 Å². The summed E-state index contributed by atoms with van der Waals surface area (Å²) in [5.74, 6) is 0. The van der Waals surface area contributed by atoms with Crippen LogP contribution in [0.15, 0.2) is 47.9 Å². The number of hydrogen-bond donors (Lipinski definition) is 0. The Morgan fingerprint density at radius 3 is 2.62 bits per heavy atom. The maximum absolute atomic E-state index is 3.74. The largest absolute Gasteiger partial charge is 0.243 e. The summed E-state index contributed by atoms with van der Waals surface area (Å²) in [4.78, 5) is 1.28. The van der Waals surface area contributed by atoms with Crippen LogP contribution in [0.25, 0.3) is 0 Å². The molecular weight excluding hydrogens is 178 g/mol. The molecule has 0 aromatic heterocycles. The van der Waals surface area contributed by atoms with Gasteiger partial charge >= 0.3 is 0 Å². The van der Waals surface area contributed by atoms with Crippen LogP contribution in [0.2, 0.25) is 0 Å². The molecule has 0 aliphatic carbocycles. The molecule has 0 atom stereocenters. The summed E-state index contributed by atoms with van der Waals surface area (Å²) in [6, 6.07) is 10.4. The molecule has 0 spiro atoms. The van der Waals surface area contributed by atoms with Gasteiger partial charge in [0.25, 0.3) is 0 Å². The minimum atomic E-state index is 0.927. The lowest BCUT2D eigenvalue weighted by Gasteiger charge is -2.16. The summed E-state index contributed by atoms with van der Waals surface area (Å²) in [6.45, 7) is 7.85. The first-order valence-corrected chi connectivity index (χ1v) is 5.23. The molecule has 2 heteroatoms. The summed E-state index contributed by atoms with van der Waals surface area (Å²) >= 11 is 1.78. The first-order chi connectivity index (χ1) is 6.36. The maximum Gasteiger partial charge on any atom is 0.0271 e. The first-order valence-electron chi connectivity index (χ1n) is 4.45. The monoisotopic (exact) mass is 193 g/mol. The molecule has 70 valence electrons. The molecule has 0 bridgehead atoms. The van der Waals surface area contributed by atoms with Gasteiger partial charge in [-0.25, -0.2) is 4.31 Å². The predicted molar refractivity (Wildman–Crippen MR) is 59.7 cm³/mol. The summed E-state index contributed by atoms with van der Waals surface area (Å²) in [6.07, 6.45) is 1.93. The predicted octanol–water partition coefficient (Wildman–Crippen LogP) is 3.20. The minimum absolute atomic E-state index is 0.927. The van der Waals surface area contributed by atoms with Crippen LogP contribution in [0, 0.1) is 0 Å². The number of hydrogen-bond acceptors (Lipinski definition) is 2. The topological polar surface area (TPSA) is 3.24 Å². The molecule has 13 heavy (non-hydrogen) atoms. The van der Waals surface area contributed by atoms with E-state index < -0.39 is 0 Å². The van der Waals surface area contributed by atoms with E-state index in [1.54, 1.807) is 11.9 Å². The van der Waals surface area contributed by atoms with Crippen molar-refractivity contribution in [3.05, 3.63) is 43.0 Å². The number of benzene rings is 1. The Balaban J connectivity index is 2.51. The number of likely N-dealkylation sites (N-methyl/N-ethyl adjacent to an activating group) is 1. The smallest absolute Gasteiger partial charge is 0.0271 e.